The summed E-state index contributed by atoms with van der Waals surface area (Å²) < 4.78 is 13.1. The van der Waals surface area contributed by atoms with Gasteiger partial charge in [0.15, 0.2) is 0 Å². The number of nitrogens with zero attached hydrogens (tertiary/aromatic N) is 3. The molecule has 0 spiro atoms. The lowest BCUT2D eigenvalue weighted by atomic mass is 9.98. The van der Waals surface area contributed by atoms with E-state index in [2.05, 4.69) is 17.1 Å². The summed E-state index contributed by atoms with van der Waals surface area (Å²) in [6.45, 7) is 3.86. The molecule has 0 atom stereocenters. The van der Waals surface area contributed by atoms with Gasteiger partial charge in [-0.2, -0.15) is 0 Å². The van der Waals surface area contributed by atoms with E-state index in [0.29, 0.717) is 22.9 Å². The number of hydrogen-bond donors (Lipinski definition) is 0. The van der Waals surface area contributed by atoms with E-state index < -0.39 is 0 Å². The average Bonchev–Trinajstić information content (AvgIpc) is 2.75. The normalized spacial score (nSPS) is 14.9. The zero-order valence-corrected chi connectivity index (χ0v) is 15.8. The van der Waals surface area contributed by atoms with Gasteiger partial charge in [-0.05, 0) is 67.3 Å². The first-order chi connectivity index (χ1) is 13.6. The van der Waals surface area contributed by atoms with E-state index in [1.54, 1.807) is 12.1 Å². The zero-order chi connectivity index (χ0) is 19.5. The molecule has 4 rings (SSSR count). The van der Waals surface area contributed by atoms with Crippen molar-refractivity contribution in [3.63, 3.8) is 0 Å². The van der Waals surface area contributed by atoms with Crippen LogP contribution in [-0.2, 0) is 0 Å². The number of aromatic nitrogens is 2. The SMILES string of the molecule is CC1CCN(C(=O)c2cccc(-c3ccc(-c4ccc(F)cc4)nn3)c2)CC1. The summed E-state index contributed by atoms with van der Waals surface area (Å²) >= 11 is 0. The van der Waals surface area contributed by atoms with Crippen molar-refractivity contribution in [2.24, 2.45) is 5.92 Å². The molecule has 5 heteroatoms. The molecule has 0 bridgehead atoms. The number of halogens is 1. The Hall–Kier alpha value is -3.08. The largest absolute Gasteiger partial charge is 0.339 e. The maximum absolute atomic E-state index is 13.1. The minimum absolute atomic E-state index is 0.0737. The van der Waals surface area contributed by atoms with Gasteiger partial charge in [-0.1, -0.05) is 19.1 Å². The number of hydrogen-bond acceptors (Lipinski definition) is 3. The third-order valence-corrected chi connectivity index (χ3v) is 5.28. The van der Waals surface area contributed by atoms with Crippen molar-refractivity contribution in [3.8, 4) is 22.5 Å². The minimum Gasteiger partial charge on any atom is -0.339 e. The van der Waals surface area contributed by atoms with E-state index >= 15 is 0 Å². The van der Waals surface area contributed by atoms with Gasteiger partial charge in [0.05, 0.1) is 11.4 Å². The number of benzene rings is 2. The molecule has 3 aromatic rings. The van der Waals surface area contributed by atoms with Gasteiger partial charge in [0, 0.05) is 29.8 Å². The number of piperidine rings is 1. The third-order valence-electron chi connectivity index (χ3n) is 5.28. The lowest BCUT2D eigenvalue weighted by Crippen LogP contribution is -2.37. The summed E-state index contributed by atoms with van der Waals surface area (Å²) in [6, 6.07) is 17.4. The lowest BCUT2D eigenvalue weighted by Gasteiger charge is -2.30. The van der Waals surface area contributed by atoms with Crippen LogP contribution in [0.25, 0.3) is 22.5 Å². The van der Waals surface area contributed by atoms with Crippen LogP contribution >= 0.6 is 0 Å². The Morgan fingerprint density at radius 1 is 0.929 bits per heavy atom. The molecule has 2 aromatic carbocycles. The Bertz CT molecular complexity index is 962. The van der Waals surface area contributed by atoms with Gasteiger partial charge < -0.3 is 4.90 Å². The second-order valence-corrected chi connectivity index (χ2v) is 7.37. The molecule has 0 aliphatic carbocycles. The molecule has 4 nitrogen and oxygen atoms in total. The van der Waals surface area contributed by atoms with E-state index in [1.807, 2.05) is 41.3 Å². The first-order valence-electron chi connectivity index (χ1n) is 9.59. The fourth-order valence-electron chi connectivity index (χ4n) is 3.47. The molecule has 0 unspecified atom stereocenters. The summed E-state index contributed by atoms with van der Waals surface area (Å²) in [4.78, 5) is 14.7. The molecular formula is C23H22FN3O. The highest BCUT2D eigenvalue weighted by molar-refractivity contribution is 5.95. The van der Waals surface area contributed by atoms with Crippen LogP contribution in [0.3, 0.4) is 0 Å². The smallest absolute Gasteiger partial charge is 0.253 e. The van der Waals surface area contributed by atoms with Gasteiger partial charge in [0.25, 0.3) is 5.91 Å². The van der Waals surface area contributed by atoms with E-state index in [4.69, 9.17) is 0 Å². The molecule has 1 saturated heterocycles. The van der Waals surface area contributed by atoms with Crippen molar-refractivity contribution in [1.29, 1.82) is 0 Å². The van der Waals surface area contributed by atoms with Gasteiger partial charge in [-0.3, -0.25) is 4.79 Å². The molecule has 1 amide bonds. The van der Waals surface area contributed by atoms with Crippen molar-refractivity contribution < 1.29 is 9.18 Å². The molecule has 28 heavy (non-hydrogen) atoms. The standard InChI is InChI=1S/C23H22FN3O/c1-16-11-13-27(14-12-16)23(28)19-4-2-3-18(15-19)22-10-9-21(25-26-22)17-5-7-20(24)8-6-17/h2-10,15-16H,11-14H2,1H3. The second-order valence-electron chi connectivity index (χ2n) is 7.37. The van der Waals surface area contributed by atoms with Crippen LogP contribution in [0.4, 0.5) is 4.39 Å². The molecule has 1 aromatic heterocycles. The van der Waals surface area contributed by atoms with Crippen LogP contribution in [0.2, 0.25) is 0 Å². The second kappa shape index (κ2) is 7.89. The number of rotatable bonds is 3. The number of likely N-dealkylation sites (tertiary alicyclic amines) is 1. The molecular weight excluding hydrogens is 353 g/mol. The zero-order valence-electron chi connectivity index (χ0n) is 15.8. The Labute approximate surface area is 164 Å². The number of carbonyl (C=O) groups excluding carboxylic acids is 1. The van der Waals surface area contributed by atoms with Gasteiger partial charge in [-0.15, -0.1) is 10.2 Å². The maximum atomic E-state index is 13.1. The van der Waals surface area contributed by atoms with Crippen molar-refractivity contribution in [2.75, 3.05) is 13.1 Å². The summed E-state index contributed by atoms with van der Waals surface area (Å²) in [5.74, 6) is 0.480. The van der Waals surface area contributed by atoms with Crippen LogP contribution in [0.1, 0.15) is 30.1 Å². The summed E-state index contributed by atoms with van der Waals surface area (Å²) in [7, 11) is 0. The van der Waals surface area contributed by atoms with Gasteiger partial charge in [-0.25, -0.2) is 4.39 Å². The number of carbonyl (C=O) groups is 1. The van der Waals surface area contributed by atoms with Crippen LogP contribution in [0, 0.1) is 11.7 Å². The van der Waals surface area contributed by atoms with Gasteiger partial charge in [0.2, 0.25) is 0 Å². The van der Waals surface area contributed by atoms with Gasteiger partial charge >= 0.3 is 0 Å². The predicted molar refractivity (Wildman–Crippen MR) is 107 cm³/mol. The highest BCUT2D eigenvalue weighted by atomic mass is 19.1. The summed E-state index contributed by atoms with van der Waals surface area (Å²) in [5, 5.41) is 8.56. The molecule has 1 aliphatic heterocycles. The average molecular weight is 375 g/mol. The van der Waals surface area contributed by atoms with Crippen LogP contribution in [-0.4, -0.2) is 34.1 Å². The molecule has 142 valence electrons. The molecule has 1 aliphatic rings. The quantitative estimate of drug-likeness (QED) is 0.659. The van der Waals surface area contributed by atoms with Crippen LogP contribution < -0.4 is 0 Å². The first-order valence-corrected chi connectivity index (χ1v) is 9.59. The van der Waals surface area contributed by atoms with E-state index in [9.17, 15) is 9.18 Å². The van der Waals surface area contributed by atoms with Crippen molar-refractivity contribution in [1.82, 2.24) is 15.1 Å². The fourth-order valence-corrected chi connectivity index (χ4v) is 3.47. The first kappa shape index (κ1) is 18.3. The number of amides is 1. The lowest BCUT2D eigenvalue weighted by molar-refractivity contribution is 0.0697. The summed E-state index contributed by atoms with van der Waals surface area (Å²) in [5.41, 5.74) is 3.72. The van der Waals surface area contributed by atoms with E-state index in [-0.39, 0.29) is 11.7 Å². The predicted octanol–water partition coefficient (Wildman–Crippen LogP) is 4.82. The highest BCUT2D eigenvalue weighted by Gasteiger charge is 2.21. The Morgan fingerprint density at radius 3 is 2.21 bits per heavy atom. The monoisotopic (exact) mass is 375 g/mol. The Balaban J connectivity index is 1.54. The maximum Gasteiger partial charge on any atom is 0.253 e. The molecule has 1 fully saturated rings. The molecule has 0 saturated carbocycles. The Morgan fingerprint density at radius 2 is 1.57 bits per heavy atom. The third kappa shape index (κ3) is 3.93. The molecule has 0 radical (unpaired) electrons. The molecule has 0 N–H and O–H groups in total. The van der Waals surface area contributed by atoms with Crippen molar-refractivity contribution >= 4 is 5.91 Å². The fraction of sp³-hybridized carbons (Fsp3) is 0.261. The topological polar surface area (TPSA) is 46.1 Å². The van der Waals surface area contributed by atoms with Crippen molar-refractivity contribution in [3.05, 3.63) is 72.0 Å². The van der Waals surface area contributed by atoms with Crippen LogP contribution in [0.15, 0.2) is 60.7 Å². The highest BCUT2D eigenvalue weighted by Crippen LogP contribution is 2.23. The molecule has 2 heterocycles. The summed E-state index contributed by atoms with van der Waals surface area (Å²) in [6.07, 6.45) is 2.11. The van der Waals surface area contributed by atoms with Crippen LogP contribution in [0.5, 0.6) is 0 Å². The minimum atomic E-state index is -0.280. The van der Waals surface area contributed by atoms with E-state index in [1.165, 1.54) is 12.1 Å². The van der Waals surface area contributed by atoms with Gasteiger partial charge in [0.1, 0.15) is 5.82 Å². The van der Waals surface area contributed by atoms with Crippen molar-refractivity contribution in [2.45, 2.75) is 19.8 Å². The van der Waals surface area contributed by atoms with E-state index in [0.717, 1.165) is 37.1 Å². The Kier molecular flexibility index (Phi) is 5.15.